The molecular formula is C16H15NO4S. The van der Waals surface area contributed by atoms with Crippen LogP contribution in [0.3, 0.4) is 0 Å². The second-order valence-corrected chi connectivity index (χ2v) is 7.61. The maximum Gasteiger partial charge on any atom is 0.274 e. The Labute approximate surface area is 128 Å². The van der Waals surface area contributed by atoms with Gasteiger partial charge < -0.3 is 9.84 Å². The highest BCUT2D eigenvalue weighted by Gasteiger charge is 2.74. The number of hydrogen-bond acceptors (Lipinski definition) is 4. The molecule has 2 heterocycles. The lowest BCUT2D eigenvalue weighted by molar-refractivity contribution is -0.454. The molecule has 0 spiro atoms. The van der Waals surface area contributed by atoms with Gasteiger partial charge in [0.1, 0.15) is 0 Å². The van der Waals surface area contributed by atoms with Gasteiger partial charge in [0.25, 0.3) is 5.91 Å². The zero-order chi connectivity index (χ0) is 15.8. The average molecular weight is 317 g/mol. The molecule has 0 aliphatic carbocycles. The number of ether oxygens (including phenoxy) is 1. The zero-order valence-electron chi connectivity index (χ0n) is 12.1. The number of rotatable bonds is 2. The summed E-state index contributed by atoms with van der Waals surface area (Å²) in [5.41, 5.74) is 0.950. The molecule has 4 rings (SSSR count). The Bertz CT molecular complexity index is 842. The molecule has 0 saturated carbocycles. The first kappa shape index (κ1) is 13.9. The molecule has 6 heteroatoms. The second-order valence-electron chi connectivity index (χ2n) is 5.82. The Morgan fingerprint density at radius 2 is 1.64 bits per heavy atom. The minimum Gasteiger partial charge on any atom is -0.348 e. The van der Waals surface area contributed by atoms with E-state index in [1.54, 1.807) is 55.5 Å². The first-order valence-corrected chi connectivity index (χ1v) is 8.39. The molecule has 5 nitrogen and oxygen atoms in total. The van der Waals surface area contributed by atoms with Gasteiger partial charge in [-0.05, 0) is 26.0 Å². The fourth-order valence-corrected chi connectivity index (χ4v) is 5.06. The predicted molar refractivity (Wildman–Crippen MR) is 79.0 cm³/mol. The second kappa shape index (κ2) is 3.97. The van der Waals surface area contributed by atoms with Gasteiger partial charge in [-0.2, -0.15) is 0 Å². The summed E-state index contributed by atoms with van der Waals surface area (Å²) in [7, 11) is -3.88. The van der Waals surface area contributed by atoms with Crippen molar-refractivity contribution in [2.24, 2.45) is 0 Å². The molecule has 2 atom stereocenters. The Hall–Kier alpha value is -1.73. The third-order valence-electron chi connectivity index (χ3n) is 4.34. The van der Waals surface area contributed by atoms with Crippen LogP contribution in [0.2, 0.25) is 0 Å². The largest absolute Gasteiger partial charge is 0.348 e. The van der Waals surface area contributed by atoms with E-state index >= 15 is 0 Å². The van der Waals surface area contributed by atoms with Crippen molar-refractivity contribution in [2.45, 2.75) is 30.4 Å². The Morgan fingerprint density at radius 1 is 1.05 bits per heavy atom. The standard InChI is InChI=1S/C16H15NO4S/c1-11-7-9-12(10-8-11)22(19,20)17-15(2)13-5-3-4-6-14(13)16(17,18)21-15/h3-10,18H,1-2H3/t15-,16+/m0/s1. The quantitative estimate of drug-likeness (QED) is 0.920. The number of sulfonamides is 1. The lowest BCUT2D eigenvalue weighted by Gasteiger charge is -2.51. The maximum absolute atomic E-state index is 13.0. The summed E-state index contributed by atoms with van der Waals surface area (Å²) < 4.78 is 32.5. The lowest BCUT2D eigenvalue weighted by atomic mass is 10.1. The van der Waals surface area contributed by atoms with Crippen LogP contribution in [0.4, 0.5) is 0 Å². The van der Waals surface area contributed by atoms with E-state index in [0.29, 0.717) is 11.1 Å². The predicted octanol–water partition coefficient (Wildman–Crippen LogP) is 2.01. The van der Waals surface area contributed by atoms with Crippen LogP contribution in [-0.4, -0.2) is 17.8 Å². The van der Waals surface area contributed by atoms with Crippen molar-refractivity contribution in [1.82, 2.24) is 4.31 Å². The summed E-state index contributed by atoms with van der Waals surface area (Å²) in [5.74, 6) is -1.92. The van der Waals surface area contributed by atoms with Gasteiger partial charge in [-0.3, -0.25) is 0 Å². The summed E-state index contributed by atoms with van der Waals surface area (Å²) in [4.78, 5) is 0.138. The molecule has 114 valence electrons. The van der Waals surface area contributed by atoms with Crippen LogP contribution in [0.5, 0.6) is 0 Å². The summed E-state index contributed by atoms with van der Waals surface area (Å²) in [6.45, 7) is 3.54. The third-order valence-corrected chi connectivity index (χ3v) is 6.29. The minimum atomic E-state index is -3.88. The average Bonchev–Trinajstić information content (AvgIpc) is 2.80. The Kier molecular flexibility index (Phi) is 2.51. The highest BCUT2D eigenvalue weighted by Crippen LogP contribution is 2.63. The first-order valence-electron chi connectivity index (χ1n) is 6.95. The minimum absolute atomic E-state index is 0.138. The number of aliphatic hydroxyl groups is 1. The van der Waals surface area contributed by atoms with Gasteiger partial charge in [-0.15, -0.1) is 4.31 Å². The van der Waals surface area contributed by atoms with E-state index in [1.807, 2.05) is 6.92 Å². The van der Waals surface area contributed by atoms with Crippen LogP contribution in [0, 0.1) is 6.92 Å². The Morgan fingerprint density at radius 3 is 2.23 bits per heavy atom. The fraction of sp³-hybridized carbons (Fsp3) is 0.250. The SMILES string of the molecule is Cc1ccc(S(=O)(=O)N2[C@@]3(C)O[C@]2(O)c2ccccc23)cc1. The van der Waals surface area contributed by atoms with E-state index in [1.165, 1.54) is 0 Å². The summed E-state index contributed by atoms with van der Waals surface area (Å²) in [6, 6.07) is 13.6. The van der Waals surface area contributed by atoms with Crippen molar-refractivity contribution in [3.63, 3.8) is 0 Å². The highest BCUT2D eigenvalue weighted by molar-refractivity contribution is 7.89. The maximum atomic E-state index is 13.0. The molecule has 1 saturated heterocycles. The van der Waals surface area contributed by atoms with E-state index in [-0.39, 0.29) is 4.90 Å². The van der Waals surface area contributed by atoms with Gasteiger partial charge >= 0.3 is 0 Å². The molecule has 1 N–H and O–H groups in total. The van der Waals surface area contributed by atoms with E-state index in [2.05, 4.69) is 0 Å². The highest BCUT2D eigenvalue weighted by atomic mass is 32.2. The molecular weight excluding hydrogens is 302 g/mol. The zero-order valence-corrected chi connectivity index (χ0v) is 13.0. The number of fused-ring (bicyclic) bond motifs is 5. The molecule has 2 bridgehead atoms. The van der Waals surface area contributed by atoms with Gasteiger partial charge in [0.05, 0.1) is 4.90 Å². The van der Waals surface area contributed by atoms with Crippen molar-refractivity contribution >= 4 is 10.0 Å². The topological polar surface area (TPSA) is 66.8 Å². The molecule has 2 aliphatic rings. The normalized spacial score (nSPS) is 30.0. The monoisotopic (exact) mass is 317 g/mol. The molecule has 2 aliphatic heterocycles. The van der Waals surface area contributed by atoms with Gasteiger partial charge in [0.2, 0.25) is 10.0 Å². The molecule has 0 radical (unpaired) electrons. The Balaban J connectivity index is 1.88. The molecule has 0 amide bonds. The van der Waals surface area contributed by atoms with Crippen LogP contribution in [0.1, 0.15) is 23.6 Å². The number of hydrogen-bond donors (Lipinski definition) is 1. The molecule has 2 aromatic carbocycles. The van der Waals surface area contributed by atoms with Crippen molar-refractivity contribution in [3.05, 3.63) is 65.2 Å². The van der Waals surface area contributed by atoms with Gasteiger partial charge in [0.15, 0.2) is 5.72 Å². The van der Waals surface area contributed by atoms with Crippen LogP contribution in [-0.2, 0) is 26.4 Å². The van der Waals surface area contributed by atoms with Crippen LogP contribution < -0.4 is 0 Å². The summed E-state index contributed by atoms with van der Waals surface area (Å²) in [5, 5.41) is 10.7. The lowest BCUT2D eigenvalue weighted by Crippen LogP contribution is -2.67. The molecule has 22 heavy (non-hydrogen) atoms. The van der Waals surface area contributed by atoms with Crippen molar-refractivity contribution in [3.8, 4) is 0 Å². The van der Waals surface area contributed by atoms with E-state index < -0.39 is 21.7 Å². The van der Waals surface area contributed by atoms with Crippen LogP contribution in [0.25, 0.3) is 0 Å². The molecule has 1 fully saturated rings. The van der Waals surface area contributed by atoms with Crippen molar-refractivity contribution < 1.29 is 18.3 Å². The first-order chi connectivity index (χ1) is 10.3. The number of benzene rings is 2. The summed E-state index contributed by atoms with van der Waals surface area (Å²) in [6.07, 6.45) is 0. The van der Waals surface area contributed by atoms with E-state index in [0.717, 1.165) is 9.87 Å². The van der Waals surface area contributed by atoms with Crippen molar-refractivity contribution in [2.75, 3.05) is 0 Å². The van der Waals surface area contributed by atoms with Crippen LogP contribution in [0.15, 0.2) is 53.4 Å². The van der Waals surface area contributed by atoms with Gasteiger partial charge in [-0.1, -0.05) is 42.0 Å². The summed E-state index contributed by atoms with van der Waals surface area (Å²) >= 11 is 0. The molecule has 0 aromatic heterocycles. The van der Waals surface area contributed by atoms with Gasteiger partial charge in [-0.25, -0.2) is 8.42 Å². The molecule has 0 unspecified atom stereocenters. The number of nitrogens with zero attached hydrogens (tertiary/aromatic N) is 1. The fourth-order valence-electron chi connectivity index (χ4n) is 3.32. The van der Waals surface area contributed by atoms with E-state index in [9.17, 15) is 13.5 Å². The third kappa shape index (κ3) is 1.45. The smallest absolute Gasteiger partial charge is 0.274 e. The number of aryl methyl sites for hydroxylation is 1. The van der Waals surface area contributed by atoms with E-state index in [4.69, 9.17) is 4.74 Å². The van der Waals surface area contributed by atoms with Crippen LogP contribution >= 0.6 is 0 Å². The van der Waals surface area contributed by atoms with Gasteiger partial charge in [0, 0.05) is 11.1 Å². The van der Waals surface area contributed by atoms with Crippen molar-refractivity contribution in [1.29, 1.82) is 0 Å². The molecule has 2 aromatic rings.